The maximum atomic E-state index is 7.50. The summed E-state index contributed by atoms with van der Waals surface area (Å²) in [7, 11) is 1.68. The second-order valence-corrected chi connectivity index (χ2v) is 3.74. The SMILES string of the molecule is C=CC(C[C](=[Cr])OC)c1ccccc1.[C-]#[O+].[C-]#[O+].[C-]#[O+].[C-]#[O+].[C-]#[O+]. The Kier molecular flexibility index (Phi) is 52.3. The Balaban J connectivity index is -0.000000103. The summed E-state index contributed by atoms with van der Waals surface area (Å²) in [5.41, 5.74) is 1.27. The van der Waals surface area contributed by atoms with E-state index in [4.69, 9.17) is 28.0 Å². The van der Waals surface area contributed by atoms with Crippen molar-refractivity contribution in [3.05, 3.63) is 81.8 Å². The van der Waals surface area contributed by atoms with Gasteiger partial charge in [0.1, 0.15) is 0 Å². The second kappa shape index (κ2) is 37.3. The van der Waals surface area contributed by atoms with Gasteiger partial charge in [0.2, 0.25) is 0 Å². The molecule has 1 aromatic rings. The van der Waals surface area contributed by atoms with Crippen molar-refractivity contribution in [2.45, 2.75) is 12.3 Å². The van der Waals surface area contributed by atoms with Gasteiger partial charge in [-0.05, 0) is 0 Å². The zero-order valence-corrected chi connectivity index (χ0v) is 14.1. The quantitative estimate of drug-likeness (QED) is 0.445. The van der Waals surface area contributed by atoms with E-state index in [-0.39, 0.29) is 0 Å². The number of rotatable bonds is 5. The van der Waals surface area contributed by atoms with Crippen LogP contribution < -0.4 is 0 Å². The van der Waals surface area contributed by atoms with E-state index in [0.29, 0.717) is 5.92 Å². The summed E-state index contributed by atoms with van der Waals surface area (Å²) in [4.78, 5) is 0. The van der Waals surface area contributed by atoms with Crippen LogP contribution in [0.5, 0.6) is 0 Å². The number of benzene rings is 1. The molecule has 0 radical (unpaired) electrons. The van der Waals surface area contributed by atoms with Gasteiger partial charge in [-0.1, -0.05) is 0 Å². The van der Waals surface area contributed by atoms with Crippen LogP contribution in [0, 0.1) is 33.3 Å². The Hall–Kier alpha value is -1.98. The molecule has 1 rings (SSSR count). The van der Waals surface area contributed by atoms with Crippen LogP contribution in [0.1, 0.15) is 17.9 Å². The van der Waals surface area contributed by atoms with Gasteiger partial charge in [0.15, 0.2) is 0 Å². The Morgan fingerprint density at radius 1 is 1.00 bits per heavy atom. The first-order valence-corrected chi connectivity index (χ1v) is 6.18. The van der Waals surface area contributed by atoms with E-state index >= 15 is 0 Å². The Morgan fingerprint density at radius 3 is 1.67 bits per heavy atom. The van der Waals surface area contributed by atoms with Crippen molar-refractivity contribution in [3.63, 3.8) is 0 Å². The fraction of sp³-hybridized carbons (Fsp3) is 0.176. The first-order valence-electron chi connectivity index (χ1n) is 5.54. The standard InChI is InChI=1S/C12H14O.5CO.Cr/c1-3-11(9-10-13-2)12-7-5-4-6-8-12;5*1-2;/h3-8,11H,1,9H2,2H3;;;;;;. The fourth-order valence-corrected chi connectivity index (χ4v) is 1.58. The summed E-state index contributed by atoms with van der Waals surface area (Å²) < 4.78 is 43.5. The molecule has 0 heterocycles. The first kappa shape index (κ1) is 33.6. The van der Waals surface area contributed by atoms with Gasteiger partial charge < -0.3 is 0 Å². The molecule has 0 fully saturated rings. The first-order chi connectivity index (χ1) is 11.8. The topological polar surface area (TPSA) is 109 Å². The monoisotopic (exact) mass is 366 g/mol. The number of methoxy groups -OCH3 is 1. The second-order valence-electron chi connectivity index (χ2n) is 3.03. The van der Waals surface area contributed by atoms with Crippen molar-refractivity contribution < 1.29 is 43.8 Å². The van der Waals surface area contributed by atoms with E-state index < -0.39 is 0 Å². The van der Waals surface area contributed by atoms with Gasteiger partial charge in [-0.2, -0.15) is 0 Å². The van der Waals surface area contributed by atoms with Crippen LogP contribution in [-0.4, -0.2) is 11.7 Å². The van der Waals surface area contributed by atoms with E-state index in [2.05, 4.69) is 67.8 Å². The molecule has 0 aliphatic carbocycles. The van der Waals surface area contributed by atoms with Crippen LogP contribution in [0.15, 0.2) is 43.0 Å². The van der Waals surface area contributed by atoms with Crippen molar-refractivity contribution in [2.75, 3.05) is 7.11 Å². The molecule has 0 spiro atoms. The van der Waals surface area contributed by atoms with Crippen molar-refractivity contribution in [1.82, 2.24) is 0 Å². The summed E-state index contributed by atoms with van der Waals surface area (Å²) in [6.07, 6.45) is 2.80. The molecule has 124 valence electrons. The molecule has 0 N–H and O–H groups in total. The average molecular weight is 366 g/mol. The molecule has 0 amide bonds. The third-order valence-corrected chi connectivity index (χ3v) is 2.65. The molecule has 24 heavy (non-hydrogen) atoms. The Morgan fingerprint density at radius 2 is 1.38 bits per heavy atom. The number of ether oxygens (including phenoxy) is 1. The van der Waals surface area contributed by atoms with E-state index in [9.17, 15) is 0 Å². The Bertz CT molecular complexity index is 464. The van der Waals surface area contributed by atoms with Crippen molar-refractivity contribution >= 4 is 4.57 Å². The number of allylic oxidation sites excluding steroid dienone is 1. The molecular weight excluding hydrogens is 352 g/mol. The van der Waals surface area contributed by atoms with Gasteiger partial charge in [-0.25, -0.2) is 0 Å². The zero-order chi connectivity index (χ0) is 20.4. The molecule has 0 aliphatic rings. The molecule has 1 unspecified atom stereocenters. The molecule has 0 aliphatic heterocycles. The minimum absolute atomic E-state index is 0.326. The van der Waals surface area contributed by atoms with Crippen molar-refractivity contribution in [3.8, 4) is 0 Å². The fourth-order valence-electron chi connectivity index (χ4n) is 1.30. The van der Waals surface area contributed by atoms with Crippen molar-refractivity contribution in [1.29, 1.82) is 0 Å². The normalized spacial score (nSPS) is 7.46. The predicted molar refractivity (Wildman–Crippen MR) is 75.7 cm³/mol. The van der Waals surface area contributed by atoms with Gasteiger partial charge in [-0.3, -0.25) is 0 Å². The minimum atomic E-state index is 0.326. The van der Waals surface area contributed by atoms with Crippen molar-refractivity contribution in [2.24, 2.45) is 0 Å². The molecule has 0 saturated carbocycles. The maximum absolute atomic E-state index is 7.50. The van der Waals surface area contributed by atoms with Gasteiger partial charge in [0.05, 0.1) is 0 Å². The van der Waals surface area contributed by atoms with Crippen LogP contribution in [0.4, 0.5) is 0 Å². The third-order valence-electron chi connectivity index (χ3n) is 2.13. The van der Waals surface area contributed by atoms with Crippen LogP contribution >= 0.6 is 0 Å². The summed E-state index contributed by atoms with van der Waals surface area (Å²) in [6.45, 7) is 26.3. The third kappa shape index (κ3) is 22.3. The van der Waals surface area contributed by atoms with Gasteiger partial charge in [0, 0.05) is 0 Å². The molecule has 0 saturated heterocycles. The van der Waals surface area contributed by atoms with E-state index in [1.165, 1.54) is 5.56 Å². The van der Waals surface area contributed by atoms with Crippen LogP contribution in [0.3, 0.4) is 0 Å². The molecule has 6 nitrogen and oxygen atoms in total. The zero-order valence-electron chi connectivity index (χ0n) is 12.8. The van der Waals surface area contributed by atoms with E-state index in [1.807, 2.05) is 24.3 Å². The van der Waals surface area contributed by atoms with E-state index in [1.54, 1.807) is 7.11 Å². The molecule has 7 heteroatoms. The van der Waals surface area contributed by atoms with Gasteiger partial charge >= 0.3 is 150 Å². The molecule has 0 bridgehead atoms. The Labute approximate surface area is 150 Å². The summed E-state index contributed by atoms with van der Waals surface area (Å²) in [5.74, 6) is 0.326. The molecule has 0 aromatic heterocycles. The number of hydrogen-bond donors (Lipinski definition) is 0. The summed E-state index contributed by atoms with van der Waals surface area (Å²) >= 11 is 2.91. The predicted octanol–water partition coefficient (Wildman–Crippen LogP) is 2.48. The van der Waals surface area contributed by atoms with Gasteiger partial charge in [0.25, 0.3) is 0 Å². The van der Waals surface area contributed by atoms with E-state index in [0.717, 1.165) is 11.0 Å². The average Bonchev–Trinajstić information content (AvgIpc) is 2.74. The van der Waals surface area contributed by atoms with Crippen LogP contribution in [-0.2, 0) is 43.8 Å². The molecular formula is C17H14CrO6. The van der Waals surface area contributed by atoms with Gasteiger partial charge in [-0.15, -0.1) is 0 Å². The summed E-state index contributed by atoms with van der Waals surface area (Å²) in [5, 5.41) is 0. The molecule has 1 aromatic carbocycles. The molecule has 1 atom stereocenters. The number of hydrogen-bond acceptors (Lipinski definition) is 1. The van der Waals surface area contributed by atoms with Crippen LogP contribution in [0.2, 0.25) is 0 Å². The summed E-state index contributed by atoms with van der Waals surface area (Å²) in [6, 6.07) is 10.3. The van der Waals surface area contributed by atoms with Crippen LogP contribution in [0.25, 0.3) is 0 Å².